The lowest BCUT2D eigenvalue weighted by Gasteiger charge is -2.16. The van der Waals surface area contributed by atoms with Gasteiger partial charge in [0.25, 0.3) is 5.91 Å². The Bertz CT molecular complexity index is 1080. The van der Waals surface area contributed by atoms with Crippen LogP contribution in [0.1, 0.15) is 40.1 Å². The Labute approximate surface area is 163 Å². The third-order valence-corrected chi connectivity index (χ3v) is 5.68. The van der Waals surface area contributed by atoms with Gasteiger partial charge in [-0.25, -0.2) is 0 Å². The van der Waals surface area contributed by atoms with Crippen LogP contribution in [0, 0.1) is 6.92 Å². The lowest BCUT2D eigenvalue weighted by atomic mass is 10.1. The van der Waals surface area contributed by atoms with Crippen molar-refractivity contribution in [3.63, 3.8) is 0 Å². The maximum Gasteiger partial charge on any atom is 0.268 e. The second-order valence-corrected chi connectivity index (χ2v) is 7.83. The molecule has 27 heavy (non-hydrogen) atoms. The van der Waals surface area contributed by atoms with E-state index in [0.717, 1.165) is 15.8 Å². The summed E-state index contributed by atoms with van der Waals surface area (Å²) in [5.74, 6) is -0.0394. The number of aryl methyl sites for hydroxylation is 1. The largest absolute Gasteiger partial charge is 0.344 e. The minimum Gasteiger partial charge on any atom is -0.344 e. The van der Waals surface area contributed by atoms with Crippen molar-refractivity contribution in [2.45, 2.75) is 26.4 Å². The Morgan fingerprint density at radius 1 is 1.07 bits per heavy atom. The van der Waals surface area contributed by atoms with Crippen molar-refractivity contribution in [1.29, 1.82) is 0 Å². The van der Waals surface area contributed by atoms with Crippen molar-refractivity contribution < 1.29 is 4.79 Å². The topological polar surface area (TPSA) is 34.0 Å². The van der Waals surface area contributed by atoms with Crippen LogP contribution in [0.25, 0.3) is 10.2 Å². The van der Waals surface area contributed by atoms with Crippen LogP contribution in [-0.4, -0.2) is 10.5 Å². The highest BCUT2D eigenvalue weighted by Crippen LogP contribution is 2.27. The quantitative estimate of drug-likeness (QED) is 0.488. The van der Waals surface area contributed by atoms with E-state index >= 15 is 0 Å². The lowest BCUT2D eigenvalue weighted by molar-refractivity contribution is 0.0931. The molecule has 1 amide bonds. The number of amides is 1. The summed E-state index contributed by atoms with van der Waals surface area (Å²) in [7, 11) is 0. The highest BCUT2D eigenvalue weighted by molar-refractivity contribution is 7.17. The highest BCUT2D eigenvalue weighted by atomic mass is 32.1. The second-order valence-electron chi connectivity index (χ2n) is 6.88. The molecule has 0 spiro atoms. The highest BCUT2D eigenvalue weighted by Gasteiger charge is 2.18. The van der Waals surface area contributed by atoms with Gasteiger partial charge >= 0.3 is 0 Å². The van der Waals surface area contributed by atoms with E-state index in [-0.39, 0.29) is 11.9 Å². The van der Waals surface area contributed by atoms with Crippen LogP contribution in [-0.2, 0) is 6.54 Å². The fourth-order valence-electron chi connectivity index (χ4n) is 3.42. The van der Waals surface area contributed by atoms with Gasteiger partial charge in [0.2, 0.25) is 0 Å². The first kappa shape index (κ1) is 17.6. The van der Waals surface area contributed by atoms with Crippen LogP contribution in [0.4, 0.5) is 0 Å². The smallest absolute Gasteiger partial charge is 0.268 e. The zero-order chi connectivity index (χ0) is 18.8. The van der Waals surface area contributed by atoms with Crippen LogP contribution in [0.15, 0.2) is 72.1 Å². The minimum absolute atomic E-state index is 0.0394. The van der Waals surface area contributed by atoms with Crippen molar-refractivity contribution in [1.82, 2.24) is 9.88 Å². The molecule has 1 N–H and O–H groups in total. The molecule has 0 unspecified atom stereocenters. The summed E-state index contributed by atoms with van der Waals surface area (Å²) in [5, 5.41) is 5.22. The van der Waals surface area contributed by atoms with Gasteiger partial charge in [-0.1, -0.05) is 60.2 Å². The van der Waals surface area contributed by atoms with Crippen LogP contribution in [0.5, 0.6) is 0 Å². The van der Waals surface area contributed by atoms with Gasteiger partial charge in [0.05, 0.1) is 16.3 Å². The third-order valence-electron chi connectivity index (χ3n) is 4.83. The first-order valence-corrected chi connectivity index (χ1v) is 9.98. The summed E-state index contributed by atoms with van der Waals surface area (Å²) in [5.41, 5.74) is 5.35. The third kappa shape index (κ3) is 3.67. The standard InChI is InChI=1S/C23H22N2OS/c1-16-7-6-8-18(13-16)15-25-20-11-12-27-22(20)14-21(25)23(26)24-17(2)19-9-4-3-5-10-19/h3-14,17H,15H2,1-2H3,(H,24,26)/t17-/m0/s1. The van der Waals surface area contributed by atoms with Gasteiger partial charge in [-0.3, -0.25) is 4.79 Å². The SMILES string of the molecule is Cc1cccc(Cn2c(C(=O)N[C@@H](C)c3ccccc3)cc3sccc32)c1. The number of thiophene rings is 1. The van der Waals surface area contributed by atoms with Gasteiger partial charge in [0, 0.05) is 6.54 Å². The molecule has 0 radical (unpaired) electrons. The van der Waals surface area contributed by atoms with E-state index < -0.39 is 0 Å². The molecule has 0 fully saturated rings. The number of carbonyl (C=O) groups excluding carboxylic acids is 1. The Balaban J connectivity index is 1.65. The molecule has 0 saturated carbocycles. The summed E-state index contributed by atoms with van der Waals surface area (Å²) in [6, 6.07) is 22.5. The summed E-state index contributed by atoms with van der Waals surface area (Å²) >= 11 is 1.67. The molecule has 2 aromatic carbocycles. The number of hydrogen-bond donors (Lipinski definition) is 1. The lowest BCUT2D eigenvalue weighted by Crippen LogP contribution is -2.28. The van der Waals surface area contributed by atoms with Crippen molar-refractivity contribution in [2.75, 3.05) is 0 Å². The van der Waals surface area contributed by atoms with E-state index in [1.807, 2.05) is 43.3 Å². The van der Waals surface area contributed by atoms with Crippen molar-refractivity contribution in [3.8, 4) is 0 Å². The van der Waals surface area contributed by atoms with Gasteiger partial charge in [-0.15, -0.1) is 11.3 Å². The van der Waals surface area contributed by atoms with E-state index in [1.165, 1.54) is 11.1 Å². The monoisotopic (exact) mass is 374 g/mol. The maximum atomic E-state index is 13.0. The Kier molecular flexibility index (Phi) is 4.82. The number of carbonyl (C=O) groups is 1. The van der Waals surface area contributed by atoms with Crippen LogP contribution < -0.4 is 5.32 Å². The number of hydrogen-bond acceptors (Lipinski definition) is 2. The van der Waals surface area contributed by atoms with E-state index in [0.29, 0.717) is 12.2 Å². The molecule has 0 aliphatic heterocycles. The van der Waals surface area contributed by atoms with Gasteiger partial charge in [-0.2, -0.15) is 0 Å². The van der Waals surface area contributed by atoms with Crippen molar-refractivity contribution in [3.05, 3.63) is 94.5 Å². The Morgan fingerprint density at radius 2 is 1.89 bits per heavy atom. The van der Waals surface area contributed by atoms with Crippen molar-refractivity contribution >= 4 is 27.5 Å². The van der Waals surface area contributed by atoms with Gasteiger partial charge in [-0.05, 0) is 42.5 Å². The summed E-state index contributed by atoms with van der Waals surface area (Å²) < 4.78 is 3.26. The molecule has 136 valence electrons. The molecule has 0 bridgehead atoms. The Morgan fingerprint density at radius 3 is 2.67 bits per heavy atom. The number of nitrogens with zero attached hydrogens (tertiary/aromatic N) is 1. The average Bonchev–Trinajstić information content (AvgIpc) is 3.25. The molecule has 4 heteroatoms. The number of rotatable bonds is 5. The number of benzene rings is 2. The van der Waals surface area contributed by atoms with E-state index in [1.54, 1.807) is 11.3 Å². The zero-order valence-electron chi connectivity index (χ0n) is 15.5. The van der Waals surface area contributed by atoms with E-state index in [9.17, 15) is 4.79 Å². The van der Waals surface area contributed by atoms with E-state index in [2.05, 4.69) is 52.5 Å². The summed E-state index contributed by atoms with van der Waals surface area (Å²) in [4.78, 5) is 13.0. The molecule has 4 aromatic rings. The van der Waals surface area contributed by atoms with E-state index in [4.69, 9.17) is 0 Å². The molecule has 1 atom stereocenters. The summed E-state index contributed by atoms with van der Waals surface area (Å²) in [6.45, 7) is 4.79. The molecule has 4 rings (SSSR count). The molecule has 2 heterocycles. The molecule has 3 nitrogen and oxygen atoms in total. The first-order valence-electron chi connectivity index (χ1n) is 9.10. The molecule has 2 aromatic heterocycles. The number of nitrogens with one attached hydrogen (secondary N) is 1. The fourth-order valence-corrected chi connectivity index (χ4v) is 4.25. The molecular formula is C23H22N2OS. The predicted molar refractivity (Wildman–Crippen MR) is 112 cm³/mol. The molecule has 0 saturated heterocycles. The van der Waals surface area contributed by atoms with Gasteiger partial charge in [0.1, 0.15) is 5.69 Å². The zero-order valence-corrected chi connectivity index (χ0v) is 16.3. The molecular weight excluding hydrogens is 352 g/mol. The molecule has 0 aliphatic carbocycles. The normalized spacial score (nSPS) is 12.2. The summed E-state index contributed by atoms with van der Waals surface area (Å²) in [6.07, 6.45) is 0. The minimum atomic E-state index is -0.0425. The van der Waals surface area contributed by atoms with Crippen molar-refractivity contribution in [2.24, 2.45) is 0 Å². The number of fused-ring (bicyclic) bond motifs is 1. The van der Waals surface area contributed by atoms with Crippen LogP contribution >= 0.6 is 11.3 Å². The fraction of sp³-hybridized carbons (Fsp3) is 0.174. The predicted octanol–water partition coefficient (Wildman–Crippen LogP) is 5.55. The van der Waals surface area contributed by atoms with Gasteiger partial charge < -0.3 is 9.88 Å². The second kappa shape index (κ2) is 7.41. The average molecular weight is 375 g/mol. The van der Waals surface area contributed by atoms with Crippen LogP contribution in [0.2, 0.25) is 0 Å². The maximum absolute atomic E-state index is 13.0. The van der Waals surface area contributed by atoms with Gasteiger partial charge in [0.15, 0.2) is 0 Å². The Hall–Kier alpha value is -2.85. The molecule has 0 aliphatic rings. The first-order chi connectivity index (χ1) is 13.1. The number of aromatic nitrogens is 1. The van der Waals surface area contributed by atoms with Crippen LogP contribution in [0.3, 0.4) is 0 Å².